The van der Waals surface area contributed by atoms with Gasteiger partial charge in [-0.15, -0.1) is 0 Å². The first kappa shape index (κ1) is 17.5. The van der Waals surface area contributed by atoms with E-state index < -0.39 is 0 Å². The van der Waals surface area contributed by atoms with Crippen LogP contribution in [0.1, 0.15) is 46.5 Å². The summed E-state index contributed by atoms with van der Waals surface area (Å²) in [5, 5.41) is 6.76. The zero-order chi connectivity index (χ0) is 19.0. The summed E-state index contributed by atoms with van der Waals surface area (Å²) >= 11 is 0. The van der Waals surface area contributed by atoms with E-state index in [9.17, 15) is 14.4 Å². The van der Waals surface area contributed by atoms with E-state index >= 15 is 0 Å². The van der Waals surface area contributed by atoms with Gasteiger partial charge in [-0.25, -0.2) is 0 Å². The third-order valence-electron chi connectivity index (χ3n) is 5.70. The standard InChI is InChI=1S/C21H23N3O3/c1-2-20(26)23-16-5-3-4-13(16)12-19(25)15-7-6-14-10-18-21(27)22-8-9-24(18)17(14)11-15/h2,6-7,10-11,13,16H,1,3-5,8-9,12H2,(H,22,27)(H,23,26)/t13-,16-/m0/s1. The van der Waals surface area contributed by atoms with Crippen molar-refractivity contribution in [2.45, 2.75) is 38.3 Å². The summed E-state index contributed by atoms with van der Waals surface area (Å²) in [5.74, 6) is -0.0162. The molecule has 1 aromatic carbocycles. The van der Waals surface area contributed by atoms with Gasteiger partial charge in [0, 0.05) is 42.0 Å². The zero-order valence-corrected chi connectivity index (χ0v) is 15.2. The Kier molecular flexibility index (Phi) is 4.56. The molecule has 1 aliphatic carbocycles. The molecule has 0 spiro atoms. The summed E-state index contributed by atoms with van der Waals surface area (Å²) in [5.41, 5.74) is 2.23. The number of carbonyl (C=O) groups is 3. The van der Waals surface area contributed by atoms with Gasteiger partial charge in [-0.05, 0) is 37.0 Å². The summed E-state index contributed by atoms with van der Waals surface area (Å²) in [6, 6.07) is 7.54. The lowest BCUT2D eigenvalue weighted by atomic mass is 9.93. The molecule has 27 heavy (non-hydrogen) atoms. The topological polar surface area (TPSA) is 80.2 Å². The Morgan fingerprint density at radius 2 is 2.15 bits per heavy atom. The van der Waals surface area contributed by atoms with Gasteiger partial charge in [-0.3, -0.25) is 14.4 Å². The minimum atomic E-state index is -0.182. The molecule has 4 rings (SSSR count). The second kappa shape index (κ2) is 7.02. The molecule has 6 nitrogen and oxygen atoms in total. The maximum absolute atomic E-state index is 12.9. The first-order valence-corrected chi connectivity index (χ1v) is 9.44. The summed E-state index contributed by atoms with van der Waals surface area (Å²) in [7, 11) is 0. The highest BCUT2D eigenvalue weighted by atomic mass is 16.2. The van der Waals surface area contributed by atoms with Crippen molar-refractivity contribution in [1.82, 2.24) is 15.2 Å². The molecule has 140 valence electrons. The number of aromatic nitrogens is 1. The molecule has 1 aliphatic heterocycles. The average Bonchev–Trinajstić information content (AvgIpc) is 3.26. The lowest BCUT2D eigenvalue weighted by Crippen LogP contribution is -2.37. The first-order valence-electron chi connectivity index (χ1n) is 9.44. The van der Waals surface area contributed by atoms with Crippen LogP contribution in [0.25, 0.3) is 10.9 Å². The lowest BCUT2D eigenvalue weighted by Gasteiger charge is -2.20. The highest BCUT2D eigenvalue weighted by molar-refractivity contribution is 6.03. The molecule has 2 aliphatic rings. The Bertz CT molecular complexity index is 944. The van der Waals surface area contributed by atoms with E-state index in [0.29, 0.717) is 30.8 Å². The molecule has 1 aromatic heterocycles. The first-order chi connectivity index (χ1) is 13.1. The maximum Gasteiger partial charge on any atom is 0.268 e. The third-order valence-corrected chi connectivity index (χ3v) is 5.70. The number of ketones is 1. The fraction of sp³-hybridized carbons (Fsp3) is 0.381. The van der Waals surface area contributed by atoms with E-state index in [4.69, 9.17) is 0 Å². The van der Waals surface area contributed by atoms with Crippen LogP contribution in [-0.4, -0.2) is 34.8 Å². The van der Waals surface area contributed by atoms with Gasteiger partial charge in [0.1, 0.15) is 5.69 Å². The normalized spacial score (nSPS) is 21.6. The molecule has 1 saturated carbocycles. The second-order valence-corrected chi connectivity index (χ2v) is 7.35. The molecule has 2 heterocycles. The third kappa shape index (κ3) is 3.27. The minimum absolute atomic E-state index is 0.0351. The van der Waals surface area contributed by atoms with Crippen molar-refractivity contribution in [2.24, 2.45) is 5.92 Å². The lowest BCUT2D eigenvalue weighted by molar-refractivity contribution is -0.117. The van der Waals surface area contributed by atoms with Crippen molar-refractivity contribution in [3.8, 4) is 0 Å². The number of Topliss-reactive ketones (excluding diaryl/α,β-unsaturated/α-hetero) is 1. The van der Waals surface area contributed by atoms with Gasteiger partial charge >= 0.3 is 0 Å². The molecule has 2 atom stereocenters. The molecule has 0 bridgehead atoms. The van der Waals surface area contributed by atoms with Crippen molar-refractivity contribution < 1.29 is 14.4 Å². The SMILES string of the molecule is C=CC(=O)N[C@H]1CCC[C@H]1CC(=O)c1ccc2cc3n(c2c1)CCNC3=O. The van der Waals surface area contributed by atoms with Crippen LogP contribution in [-0.2, 0) is 11.3 Å². The molecule has 2 amide bonds. The fourth-order valence-electron chi connectivity index (χ4n) is 4.30. The Morgan fingerprint density at radius 1 is 1.30 bits per heavy atom. The summed E-state index contributed by atoms with van der Waals surface area (Å²) in [6.45, 7) is 4.80. The van der Waals surface area contributed by atoms with Gasteiger partial charge in [0.2, 0.25) is 5.91 Å². The van der Waals surface area contributed by atoms with E-state index in [-0.39, 0.29) is 29.6 Å². The van der Waals surface area contributed by atoms with Crippen LogP contribution in [0.5, 0.6) is 0 Å². The zero-order valence-electron chi connectivity index (χ0n) is 15.2. The van der Waals surface area contributed by atoms with E-state index in [1.54, 1.807) is 0 Å². The number of rotatable bonds is 5. The van der Waals surface area contributed by atoms with Gasteiger partial charge in [0.25, 0.3) is 5.91 Å². The quantitative estimate of drug-likeness (QED) is 0.631. The second-order valence-electron chi connectivity index (χ2n) is 7.35. The smallest absolute Gasteiger partial charge is 0.268 e. The van der Waals surface area contributed by atoms with Crippen molar-refractivity contribution in [3.63, 3.8) is 0 Å². The molecule has 2 N–H and O–H groups in total. The number of carbonyl (C=O) groups excluding carboxylic acids is 3. The van der Waals surface area contributed by atoms with Gasteiger partial charge in [0.05, 0.1) is 0 Å². The Morgan fingerprint density at radius 3 is 2.96 bits per heavy atom. The molecule has 0 unspecified atom stereocenters. The average molecular weight is 365 g/mol. The van der Waals surface area contributed by atoms with Gasteiger partial charge in [0.15, 0.2) is 5.78 Å². The van der Waals surface area contributed by atoms with Crippen LogP contribution < -0.4 is 10.6 Å². The van der Waals surface area contributed by atoms with Crippen molar-refractivity contribution in [1.29, 1.82) is 0 Å². The van der Waals surface area contributed by atoms with Crippen LogP contribution in [0.4, 0.5) is 0 Å². The van der Waals surface area contributed by atoms with Gasteiger partial charge in [-0.1, -0.05) is 25.1 Å². The molecular formula is C21H23N3O3. The monoisotopic (exact) mass is 365 g/mol. The molecule has 0 saturated heterocycles. The number of nitrogens with one attached hydrogen (secondary N) is 2. The highest BCUT2D eigenvalue weighted by Gasteiger charge is 2.30. The van der Waals surface area contributed by atoms with Crippen LogP contribution in [0, 0.1) is 5.92 Å². The Balaban J connectivity index is 1.55. The van der Waals surface area contributed by atoms with Gasteiger partial charge < -0.3 is 15.2 Å². The number of hydrogen-bond acceptors (Lipinski definition) is 3. The number of amides is 2. The number of nitrogens with zero attached hydrogens (tertiary/aromatic N) is 1. The molecule has 0 radical (unpaired) electrons. The molecule has 6 heteroatoms. The Labute approximate surface area is 157 Å². The number of fused-ring (bicyclic) bond motifs is 3. The van der Waals surface area contributed by atoms with Crippen LogP contribution in [0.2, 0.25) is 0 Å². The summed E-state index contributed by atoms with van der Waals surface area (Å²) in [6.07, 6.45) is 4.55. The van der Waals surface area contributed by atoms with E-state index in [1.165, 1.54) is 6.08 Å². The van der Waals surface area contributed by atoms with Gasteiger partial charge in [-0.2, -0.15) is 0 Å². The van der Waals surface area contributed by atoms with Crippen LogP contribution in [0.3, 0.4) is 0 Å². The molecular weight excluding hydrogens is 342 g/mol. The summed E-state index contributed by atoms with van der Waals surface area (Å²) in [4.78, 5) is 36.5. The van der Waals surface area contributed by atoms with Crippen molar-refractivity contribution in [2.75, 3.05) is 6.54 Å². The van der Waals surface area contributed by atoms with E-state index in [2.05, 4.69) is 17.2 Å². The van der Waals surface area contributed by atoms with Crippen LogP contribution >= 0.6 is 0 Å². The maximum atomic E-state index is 12.9. The fourth-order valence-corrected chi connectivity index (χ4v) is 4.30. The number of hydrogen-bond donors (Lipinski definition) is 2. The Hall–Kier alpha value is -2.89. The number of benzene rings is 1. The van der Waals surface area contributed by atoms with E-state index in [1.807, 2.05) is 28.8 Å². The predicted octanol–water partition coefficient (Wildman–Crippen LogP) is 2.43. The largest absolute Gasteiger partial charge is 0.350 e. The summed E-state index contributed by atoms with van der Waals surface area (Å²) < 4.78 is 1.98. The van der Waals surface area contributed by atoms with E-state index in [0.717, 1.165) is 30.2 Å². The minimum Gasteiger partial charge on any atom is -0.350 e. The highest BCUT2D eigenvalue weighted by Crippen LogP contribution is 2.30. The molecule has 1 fully saturated rings. The predicted molar refractivity (Wildman–Crippen MR) is 103 cm³/mol. The van der Waals surface area contributed by atoms with Crippen molar-refractivity contribution in [3.05, 3.63) is 48.2 Å². The van der Waals surface area contributed by atoms with Crippen molar-refractivity contribution >= 4 is 28.5 Å². The molecule has 2 aromatic rings. The van der Waals surface area contributed by atoms with Crippen LogP contribution in [0.15, 0.2) is 36.9 Å².